The van der Waals surface area contributed by atoms with Gasteiger partial charge in [-0.2, -0.15) is 0 Å². The van der Waals surface area contributed by atoms with Gasteiger partial charge in [0, 0.05) is 0 Å². The number of carbonyl (C=O) groups is 1. The highest BCUT2D eigenvalue weighted by molar-refractivity contribution is 5.74. The average molecular weight is 148 g/mol. The third-order valence-corrected chi connectivity index (χ3v) is 1.10. The van der Waals surface area contributed by atoms with Crippen molar-refractivity contribution < 1.29 is 13.9 Å². The summed E-state index contributed by atoms with van der Waals surface area (Å²) in [5.74, 6) is -1.04. The number of hydrogen-bond acceptors (Lipinski definition) is 2. The third kappa shape index (κ3) is 2.80. The van der Waals surface area contributed by atoms with E-state index in [0.717, 1.165) is 0 Å². The van der Waals surface area contributed by atoms with Crippen molar-refractivity contribution in [3.05, 3.63) is 0 Å². The first-order valence-corrected chi connectivity index (χ1v) is 3.40. The first-order chi connectivity index (χ1) is 4.59. The van der Waals surface area contributed by atoms with Gasteiger partial charge < -0.3 is 4.74 Å². The van der Waals surface area contributed by atoms with Gasteiger partial charge in [0.05, 0.1) is 6.61 Å². The molecule has 0 fully saturated rings. The van der Waals surface area contributed by atoms with Gasteiger partial charge in [0.25, 0.3) is 0 Å². The molecule has 0 amide bonds. The van der Waals surface area contributed by atoms with Crippen molar-refractivity contribution in [2.75, 3.05) is 6.61 Å². The van der Waals surface area contributed by atoms with Crippen LogP contribution in [0.3, 0.4) is 0 Å². The molecule has 2 nitrogen and oxygen atoms in total. The van der Waals surface area contributed by atoms with Crippen molar-refractivity contribution in [3.8, 4) is 0 Å². The summed E-state index contributed by atoms with van der Waals surface area (Å²) in [6.07, 6.45) is -1.47. The summed E-state index contributed by atoms with van der Waals surface area (Å²) >= 11 is 0. The molecule has 0 N–H and O–H groups in total. The Kier molecular flexibility index (Phi) is 4.00. The van der Waals surface area contributed by atoms with E-state index in [9.17, 15) is 9.18 Å². The van der Waals surface area contributed by atoms with Crippen molar-refractivity contribution in [1.29, 1.82) is 0 Å². The maximum atomic E-state index is 12.6. The number of rotatable bonds is 3. The molecule has 0 radical (unpaired) electrons. The molecule has 0 aromatic heterocycles. The molecule has 0 aliphatic carbocycles. The minimum atomic E-state index is -1.47. The minimum absolute atomic E-state index is 0.242. The molecule has 1 atom stereocenters. The van der Waals surface area contributed by atoms with Crippen molar-refractivity contribution in [2.24, 2.45) is 5.92 Å². The fourth-order valence-corrected chi connectivity index (χ4v) is 0.494. The minimum Gasteiger partial charge on any atom is -0.464 e. The second-order valence-electron chi connectivity index (χ2n) is 2.40. The van der Waals surface area contributed by atoms with Crippen LogP contribution in [0, 0.1) is 5.92 Å². The Morgan fingerprint density at radius 3 is 2.40 bits per heavy atom. The van der Waals surface area contributed by atoms with E-state index in [1.807, 2.05) is 0 Å². The van der Waals surface area contributed by atoms with Crippen molar-refractivity contribution in [2.45, 2.75) is 26.9 Å². The topological polar surface area (TPSA) is 26.3 Å². The Labute approximate surface area is 60.4 Å². The highest BCUT2D eigenvalue weighted by atomic mass is 19.1. The summed E-state index contributed by atoms with van der Waals surface area (Å²) < 4.78 is 17.1. The molecule has 0 bridgehead atoms. The van der Waals surface area contributed by atoms with Crippen molar-refractivity contribution in [3.63, 3.8) is 0 Å². The van der Waals surface area contributed by atoms with Crippen LogP contribution in [0.5, 0.6) is 0 Å². The second kappa shape index (κ2) is 4.25. The zero-order valence-corrected chi connectivity index (χ0v) is 6.56. The zero-order chi connectivity index (χ0) is 8.15. The van der Waals surface area contributed by atoms with Crippen LogP contribution in [0.15, 0.2) is 0 Å². The van der Waals surface area contributed by atoms with Crippen LogP contribution in [-0.4, -0.2) is 18.7 Å². The van der Waals surface area contributed by atoms with Gasteiger partial charge in [0.2, 0.25) is 0 Å². The predicted octanol–water partition coefficient (Wildman–Crippen LogP) is 1.54. The number of alkyl halides is 1. The molecular formula is C7H13FO2. The Morgan fingerprint density at radius 1 is 1.60 bits per heavy atom. The molecule has 10 heavy (non-hydrogen) atoms. The van der Waals surface area contributed by atoms with E-state index < -0.39 is 12.1 Å². The quantitative estimate of drug-likeness (QED) is 0.567. The third-order valence-electron chi connectivity index (χ3n) is 1.10. The summed E-state index contributed by atoms with van der Waals surface area (Å²) in [5.41, 5.74) is 0. The lowest BCUT2D eigenvalue weighted by Gasteiger charge is -2.09. The second-order valence-corrected chi connectivity index (χ2v) is 2.40. The Balaban J connectivity index is 3.71. The number of carbonyl (C=O) groups excluding carboxylic acids is 1. The predicted molar refractivity (Wildman–Crippen MR) is 36.4 cm³/mol. The number of halogens is 1. The summed E-state index contributed by atoms with van der Waals surface area (Å²) in [7, 11) is 0. The lowest BCUT2D eigenvalue weighted by Crippen LogP contribution is -2.23. The molecule has 0 aliphatic heterocycles. The lowest BCUT2D eigenvalue weighted by atomic mass is 10.1. The fourth-order valence-electron chi connectivity index (χ4n) is 0.494. The smallest absolute Gasteiger partial charge is 0.340 e. The Bertz CT molecular complexity index is 112. The molecule has 0 aromatic rings. The van der Waals surface area contributed by atoms with Gasteiger partial charge in [-0.1, -0.05) is 13.8 Å². The molecule has 0 rings (SSSR count). The fraction of sp³-hybridized carbons (Fsp3) is 0.857. The van der Waals surface area contributed by atoms with E-state index in [-0.39, 0.29) is 12.5 Å². The van der Waals surface area contributed by atoms with Crippen LogP contribution in [0.4, 0.5) is 4.39 Å². The van der Waals surface area contributed by atoms with E-state index in [0.29, 0.717) is 0 Å². The molecule has 0 saturated heterocycles. The molecule has 0 aromatic carbocycles. The Morgan fingerprint density at radius 2 is 2.10 bits per heavy atom. The van der Waals surface area contributed by atoms with Gasteiger partial charge in [-0.25, -0.2) is 9.18 Å². The van der Waals surface area contributed by atoms with Crippen LogP contribution in [0.25, 0.3) is 0 Å². The normalized spacial score (nSPS) is 13.3. The average Bonchev–Trinajstić information content (AvgIpc) is 1.87. The molecule has 0 spiro atoms. The van der Waals surface area contributed by atoms with Crippen molar-refractivity contribution in [1.82, 2.24) is 0 Å². The molecule has 0 unspecified atom stereocenters. The van der Waals surface area contributed by atoms with Gasteiger partial charge >= 0.3 is 5.97 Å². The van der Waals surface area contributed by atoms with E-state index in [2.05, 4.69) is 4.74 Å². The van der Waals surface area contributed by atoms with Gasteiger partial charge in [0.15, 0.2) is 6.17 Å². The largest absolute Gasteiger partial charge is 0.464 e. The van der Waals surface area contributed by atoms with Gasteiger partial charge in [-0.3, -0.25) is 0 Å². The van der Waals surface area contributed by atoms with Crippen LogP contribution in [0.2, 0.25) is 0 Å². The standard InChI is InChI=1S/C7H13FO2/c1-4-10-7(9)6(8)5(2)3/h5-6H,4H2,1-3H3/t6-/m0/s1. The SMILES string of the molecule is CCOC(=O)[C@@H](F)C(C)C. The molecule has 60 valence electrons. The first-order valence-electron chi connectivity index (χ1n) is 3.40. The highest BCUT2D eigenvalue weighted by Crippen LogP contribution is 2.07. The van der Waals surface area contributed by atoms with E-state index in [4.69, 9.17) is 0 Å². The summed E-state index contributed by atoms with van der Waals surface area (Å²) in [5, 5.41) is 0. The number of esters is 1. The lowest BCUT2D eigenvalue weighted by molar-refractivity contribution is -0.150. The zero-order valence-electron chi connectivity index (χ0n) is 6.56. The van der Waals surface area contributed by atoms with E-state index >= 15 is 0 Å². The van der Waals surface area contributed by atoms with Crippen molar-refractivity contribution >= 4 is 5.97 Å². The summed E-state index contributed by atoms with van der Waals surface area (Å²) in [6.45, 7) is 5.18. The van der Waals surface area contributed by atoms with Gasteiger partial charge in [-0.15, -0.1) is 0 Å². The van der Waals surface area contributed by atoms with Crippen LogP contribution >= 0.6 is 0 Å². The maximum Gasteiger partial charge on any atom is 0.340 e. The van der Waals surface area contributed by atoms with Crippen LogP contribution < -0.4 is 0 Å². The molecular weight excluding hydrogens is 135 g/mol. The highest BCUT2D eigenvalue weighted by Gasteiger charge is 2.21. The molecule has 0 heterocycles. The van der Waals surface area contributed by atoms with E-state index in [1.54, 1.807) is 20.8 Å². The molecule has 0 aliphatic rings. The molecule has 0 saturated carbocycles. The number of ether oxygens (including phenoxy) is 1. The molecule has 3 heteroatoms. The summed E-state index contributed by atoms with van der Waals surface area (Å²) in [6, 6.07) is 0. The number of hydrogen-bond donors (Lipinski definition) is 0. The summed E-state index contributed by atoms with van der Waals surface area (Å²) in [4.78, 5) is 10.6. The van der Waals surface area contributed by atoms with Crippen LogP contribution in [0.1, 0.15) is 20.8 Å². The first kappa shape index (κ1) is 9.40. The monoisotopic (exact) mass is 148 g/mol. The van der Waals surface area contributed by atoms with Gasteiger partial charge in [-0.05, 0) is 12.8 Å². The van der Waals surface area contributed by atoms with Gasteiger partial charge in [0.1, 0.15) is 0 Å². The van der Waals surface area contributed by atoms with Crippen LogP contribution in [-0.2, 0) is 9.53 Å². The van der Waals surface area contributed by atoms with E-state index in [1.165, 1.54) is 0 Å². The Hall–Kier alpha value is -0.600. The maximum absolute atomic E-state index is 12.6.